The fourth-order valence-corrected chi connectivity index (χ4v) is 3.43. The third-order valence-electron chi connectivity index (χ3n) is 4.08. The Hall–Kier alpha value is -0.450. The van der Waals surface area contributed by atoms with Gasteiger partial charge < -0.3 is 35.2 Å². The maximum absolute atomic E-state index is 10.0. The van der Waals surface area contributed by atoms with Crippen molar-refractivity contribution in [2.75, 3.05) is 18.5 Å². The molecule has 9 heteroatoms. The van der Waals surface area contributed by atoms with Gasteiger partial charge in [0.05, 0.1) is 11.6 Å². The largest absolute Gasteiger partial charge is 0.394 e. The zero-order chi connectivity index (χ0) is 16.7. The minimum atomic E-state index is -1.47. The molecular weight excluding hydrogens is 394 g/mol. The molecule has 2 aliphatic heterocycles. The predicted molar refractivity (Wildman–Crippen MR) is 85.2 cm³/mol. The predicted octanol–water partition coefficient (Wildman–Crippen LogP) is 0.386. The molecule has 7 nitrogen and oxygen atoms in total. The van der Waals surface area contributed by atoms with Crippen LogP contribution in [0.25, 0.3) is 0 Å². The van der Waals surface area contributed by atoms with Crippen LogP contribution >= 0.6 is 27.5 Å². The third kappa shape index (κ3) is 3.10. The molecule has 1 saturated heterocycles. The average Bonchev–Trinajstić information content (AvgIpc) is 2.95. The Labute approximate surface area is 145 Å². The third-order valence-corrected chi connectivity index (χ3v) is 5.38. The van der Waals surface area contributed by atoms with Gasteiger partial charge >= 0.3 is 0 Å². The summed E-state index contributed by atoms with van der Waals surface area (Å²) < 4.78 is 11.8. The average molecular weight is 411 g/mol. The lowest BCUT2D eigenvalue weighted by atomic mass is 9.99. The van der Waals surface area contributed by atoms with Crippen LogP contribution < -0.4 is 5.32 Å². The summed E-state index contributed by atoms with van der Waals surface area (Å²) in [6.07, 6.45) is -7.04. The highest BCUT2D eigenvalue weighted by Gasteiger charge is 2.45. The van der Waals surface area contributed by atoms with E-state index in [2.05, 4.69) is 21.2 Å². The maximum atomic E-state index is 10.0. The minimum Gasteiger partial charge on any atom is -0.394 e. The van der Waals surface area contributed by atoms with Gasteiger partial charge in [-0.15, -0.1) is 0 Å². The summed E-state index contributed by atoms with van der Waals surface area (Å²) in [5.41, 5.74) is 1.53. The second-order valence-electron chi connectivity index (χ2n) is 5.53. The summed E-state index contributed by atoms with van der Waals surface area (Å²) in [7, 11) is 0. The van der Waals surface area contributed by atoms with E-state index in [9.17, 15) is 20.4 Å². The van der Waals surface area contributed by atoms with Crippen LogP contribution in [0, 0.1) is 0 Å². The van der Waals surface area contributed by atoms with Crippen LogP contribution in [0.15, 0.2) is 16.6 Å². The monoisotopic (exact) mass is 409 g/mol. The zero-order valence-electron chi connectivity index (χ0n) is 11.9. The molecule has 2 aliphatic rings. The Morgan fingerprint density at radius 2 is 2.00 bits per heavy atom. The summed E-state index contributed by atoms with van der Waals surface area (Å²) in [5.74, 6) is 0. The normalized spacial score (nSPS) is 36.6. The van der Waals surface area contributed by atoms with Gasteiger partial charge in [0.2, 0.25) is 0 Å². The van der Waals surface area contributed by atoms with Crippen LogP contribution in [-0.2, 0) is 9.47 Å². The first kappa shape index (κ1) is 17.4. The summed E-state index contributed by atoms with van der Waals surface area (Å²) >= 11 is 9.65. The SMILES string of the molecule is OC[C@H]1O[C@H](O[C@@H]2CNc3ccc(Br)c(Cl)c32)[C@@H](O)[C@@H](O)[C@@H]1O. The van der Waals surface area contributed by atoms with Crippen molar-refractivity contribution in [1.29, 1.82) is 0 Å². The van der Waals surface area contributed by atoms with Crippen molar-refractivity contribution >= 4 is 33.2 Å². The van der Waals surface area contributed by atoms with E-state index >= 15 is 0 Å². The molecule has 128 valence electrons. The van der Waals surface area contributed by atoms with Crippen molar-refractivity contribution in [2.45, 2.75) is 36.8 Å². The summed E-state index contributed by atoms with van der Waals surface area (Å²) in [5, 5.41) is 42.5. The van der Waals surface area contributed by atoms with E-state index in [1.54, 1.807) is 0 Å². The van der Waals surface area contributed by atoms with Crippen molar-refractivity contribution in [3.8, 4) is 0 Å². The van der Waals surface area contributed by atoms with Crippen LogP contribution in [0.3, 0.4) is 0 Å². The van der Waals surface area contributed by atoms with Crippen LogP contribution in [0.5, 0.6) is 0 Å². The Bertz CT molecular complexity index is 589. The molecule has 5 N–H and O–H groups in total. The molecule has 1 aromatic rings. The number of hydrogen-bond acceptors (Lipinski definition) is 7. The van der Waals surface area contributed by atoms with E-state index in [0.29, 0.717) is 16.0 Å². The molecule has 2 heterocycles. The second kappa shape index (κ2) is 6.81. The Kier molecular flexibility index (Phi) is 5.15. The van der Waals surface area contributed by atoms with Crippen molar-refractivity contribution in [3.05, 3.63) is 27.2 Å². The van der Waals surface area contributed by atoms with Crippen LogP contribution in [-0.4, -0.2) is 64.3 Å². The minimum absolute atomic E-state index is 0.417. The van der Waals surface area contributed by atoms with E-state index in [1.807, 2.05) is 12.1 Å². The van der Waals surface area contributed by atoms with Gasteiger partial charge in [-0.3, -0.25) is 0 Å². The Morgan fingerprint density at radius 3 is 2.70 bits per heavy atom. The first-order chi connectivity index (χ1) is 10.9. The molecule has 1 aromatic carbocycles. The lowest BCUT2D eigenvalue weighted by Crippen LogP contribution is -2.59. The van der Waals surface area contributed by atoms with Gasteiger partial charge in [0.1, 0.15) is 30.5 Å². The number of aliphatic hydroxyl groups is 4. The van der Waals surface area contributed by atoms with Gasteiger partial charge in [0.25, 0.3) is 0 Å². The number of anilines is 1. The molecule has 0 amide bonds. The topological polar surface area (TPSA) is 111 Å². The van der Waals surface area contributed by atoms with Gasteiger partial charge in [-0.05, 0) is 28.1 Å². The number of halogens is 2. The van der Waals surface area contributed by atoms with E-state index in [1.165, 1.54) is 0 Å². The first-order valence-corrected chi connectivity index (χ1v) is 8.29. The van der Waals surface area contributed by atoms with Gasteiger partial charge in [-0.25, -0.2) is 0 Å². The van der Waals surface area contributed by atoms with Gasteiger partial charge in [-0.2, -0.15) is 0 Å². The van der Waals surface area contributed by atoms with E-state index < -0.39 is 43.4 Å². The number of hydrogen-bond donors (Lipinski definition) is 5. The smallest absolute Gasteiger partial charge is 0.187 e. The first-order valence-electron chi connectivity index (χ1n) is 7.11. The Balaban J connectivity index is 1.80. The highest BCUT2D eigenvalue weighted by atomic mass is 79.9. The van der Waals surface area contributed by atoms with Gasteiger partial charge in [-0.1, -0.05) is 11.6 Å². The molecule has 23 heavy (non-hydrogen) atoms. The molecule has 3 rings (SSSR count). The number of ether oxygens (including phenoxy) is 2. The second-order valence-corrected chi connectivity index (χ2v) is 6.76. The van der Waals surface area contributed by atoms with Crippen LogP contribution in [0.1, 0.15) is 11.7 Å². The number of fused-ring (bicyclic) bond motifs is 1. The van der Waals surface area contributed by atoms with Gasteiger partial charge in [0.15, 0.2) is 6.29 Å². The highest BCUT2D eigenvalue weighted by Crippen LogP contribution is 2.42. The lowest BCUT2D eigenvalue weighted by Gasteiger charge is -2.40. The molecule has 0 saturated carbocycles. The molecule has 0 aromatic heterocycles. The molecular formula is C14H17BrClNO6. The molecule has 1 fully saturated rings. The van der Waals surface area contributed by atoms with E-state index in [0.717, 1.165) is 11.3 Å². The lowest BCUT2D eigenvalue weighted by molar-refractivity contribution is -0.310. The Morgan fingerprint density at radius 1 is 1.26 bits per heavy atom. The summed E-state index contributed by atoms with van der Waals surface area (Å²) in [4.78, 5) is 0. The van der Waals surface area contributed by atoms with E-state index in [4.69, 9.17) is 21.1 Å². The fraction of sp³-hybridized carbons (Fsp3) is 0.571. The highest BCUT2D eigenvalue weighted by molar-refractivity contribution is 9.10. The summed E-state index contributed by atoms with van der Waals surface area (Å²) in [6.45, 7) is -0.0862. The maximum Gasteiger partial charge on any atom is 0.187 e. The molecule has 0 unspecified atom stereocenters. The quantitative estimate of drug-likeness (QED) is 0.490. The van der Waals surface area contributed by atoms with Crippen LogP contribution in [0.4, 0.5) is 5.69 Å². The molecule has 0 spiro atoms. The number of nitrogens with one attached hydrogen (secondary N) is 1. The number of rotatable bonds is 3. The number of benzene rings is 1. The van der Waals surface area contributed by atoms with Crippen molar-refractivity contribution < 1.29 is 29.9 Å². The van der Waals surface area contributed by atoms with E-state index in [-0.39, 0.29) is 0 Å². The molecule has 0 bridgehead atoms. The van der Waals surface area contributed by atoms with Gasteiger partial charge in [0, 0.05) is 22.3 Å². The standard InChI is InChI=1S/C14H17BrClNO6/c15-5-1-2-6-9(10(5)16)7(3-17-6)22-14-13(21)12(20)11(19)8(4-18)23-14/h1-2,7-8,11-14,17-21H,3-4H2/t7-,8-,11-,12+,13+,14+/m1/s1. The zero-order valence-corrected chi connectivity index (χ0v) is 14.2. The fourth-order valence-electron chi connectivity index (χ4n) is 2.80. The number of aliphatic hydroxyl groups excluding tert-OH is 4. The van der Waals surface area contributed by atoms with Crippen molar-refractivity contribution in [3.63, 3.8) is 0 Å². The molecule has 6 atom stereocenters. The molecule has 0 aliphatic carbocycles. The van der Waals surface area contributed by atoms with Crippen molar-refractivity contribution in [1.82, 2.24) is 0 Å². The van der Waals surface area contributed by atoms with Crippen LogP contribution in [0.2, 0.25) is 5.02 Å². The van der Waals surface area contributed by atoms with Crippen molar-refractivity contribution in [2.24, 2.45) is 0 Å². The molecule has 0 radical (unpaired) electrons. The summed E-state index contributed by atoms with van der Waals surface area (Å²) in [6, 6.07) is 3.66.